The summed E-state index contributed by atoms with van der Waals surface area (Å²) in [5, 5.41) is 12.0. The van der Waals surface area contributed by atoms with Crippen molar-refractivity contribution in [3.63, 3.8) is 0 Å². The minimum absolute atomic E-state index is 0.113. The number of rotatable bonds is 5. The summed E-state index contributed by atoms with van der Waals surface area (Å²) in [5.74, 6) is 0.131. The third-order valence-electron chi connectivity index (χ3n) is 3.30. The van der Waals surface area contributed by atoms with Crippen LogP contribution in [0, 0.1) is 0 Å². The lowest BCUT2D eigenvalue weighted by atomic mass is 9.96. The molecule has 1 aromatic rings. The van der Waals surface area contributed by atoms with Crippen LogP contribution in [-0.2, 0) is 17.6 Å². The Kier molecular flexibility index (Phi) is 4.12. The van der Waals surface area contributed by atoms with Gasteiger partial charge >= 0.3 is 5.97 Å². The number of nitrogens with one attached hydrogen (secondary N) is 1. The maximum absolute atomic E-state index is 10.5. The zero-order chi connectivity index (χ0) is 13.0. The smallest absolute Gasteiger partial charge is 0.303 e. The molecule has 0 aliphatic heterocycles. The molecule has 0 radical (unpaired) electrons. The van der Waals surface area contributed by atoms with Crippen LogP contribution < -0.4 is 5.32 Å². The first-order valence-corrected chi connectivity index (χ1v) is 6.48. The number of hydrogen-bond acceptors (Lipinski definition) is 4. The molecule has 2 rings (SSSR count). The highest BCUT2D eigenvalue weighted by molar-refractivity contribution is 5.66. The predicted octanol–water partition coefficient (Wildman–Crippen LogP) is 2.02. The van der Waals surface area contributed by atoms with Crippen LogP contribution in [0.5, 0.6) is 0 Å². The summed E-state index contributed by atoms with van der Waals surface area (Å²) in [6, 6.07) is 0.113. The minimum atomic E-state index is -0.756. The second-order valence-electron chi connectivity index (χ2n) is 4.83. The van der Waals surface area contributed by atoms with E-state index >= 15 is 0 Å². The average molecular weight is 249 g/mol. The largest absolute Gasteiger partial charge is 0.481 e. The van der Waals surface area contributed by atoms with Gasteiger partial charge in [0.05, 0.1) is 0 Å². The van der Waals surface area contributed by atoms with Gasteiger partial charge in [-0.15, -0.1) is 0 Å². The summed E-state index contributed by atoms with van der Waals surface area (Å²) in [5.41, 5.74) is 2.36. The Balaban J connectivity index is 2.02. The molecule has 1 aliphatic rings. The van der Waals surface area contributed by atoms with Crippen molar-refractivity contribution in [3.05, 3.63) is 17.6 Å². The zero-order valence-corrected chi connectivity index (χ0v) is 10.6. The highest BCUT2D eigenvalue weighted by Crippen LogP contribution is 2.25. The third kappa shape index (κ3) is 3.18. The molecule has 98 valence electrons. The van der Waals surface area contributed by atoms with Crippen LogP contribution in [-0.4, -0.2) is 27.1 Å². The molecule has 1 aromatic heterocycles. The van der Waals surface area contributed by atoms with Crippen molar-refractivity contribution >= 4 is 11.8 Å². The Hall–Kier alpha value is -1.65. The van der Waals surface area contributed by atoms with Crippen molar-refractivity contribution in [3.8, 4) is 0 Å². The van der Waals surface area contributed by atoms with Gasteiger partial charge in [0.2, 0.25) is 0 Å². The molecule has 0 amide bonds. The number of carboxylic acids is 1. The van der Waals surface area contributed by atoms with Crippen LogP contribution in [0.25, 0.3) is 0 Å². The Morgan fingerprint density at radius 2 is 2.22 bits per heavy atom. The van der Waals surface area contributed by atoms with E-state index in [4.69, 9.17) is 5.11 Å². The number of anilines is 1. The van der Waals surface area contributed by atoms with Crippen LogP contribution in [0.2, 0.25) is 0 Å². The Bertz CT molecular complexity index is 434. The standard InChI is InChI=1S/C13H19N3O2/c1-9(6-7-12(17)18)16-13-10-4-2-3-5-11(10)14-8-15-13/h8-9H,2-7H2,1H3,(H,17,18)(H,14,15,16). The fourth-order valence-corrected chi connectivity index (χ4v) is 2.29. The van der Waals surface area contributed by atoms with Gasteiger partial charge < -0.3 is 10.4 Å². The van der Waals surface area contributed by atoms with Crippen LogP contribution in [0.1, 0.15) is 43.9 Å². The number of aryl methyl sites for hydroxylation is 1. The number of carboxylic acid groups (broad SMARTS) is 1. The lowest BCUT2D eigenvalue weighted by molar-refractivity contribution is -0.137. The van der Waals surface area contributed by atoms with Crippen LogP contribution >= 0.6 is 0 Å². The Labute approximate surface area is 107 Å². The van der Waals surface area contributed by atoms with E-state index in [0.717, 1.165) is 24.4 Å². The number of hydrogen-bond donors (Lipinski definition) is 2. The Morgan fingerprint density at radius 3 is 3.00 bits per heavy atom. The fraction of sp³-hybridized carbons (Fsp3) is 0.615. The number of carbonyl (C=O) groups is 1. The van der Waals surface area contributed by atoms with Gasteiger partial charge in [0, 0.05) is 23.7 Å². The van der Waals surface area contributed by atoms with E-state index in [2.05, 4.69) is 15.3 Å². The lowest BCUT2D eigenvalue weighted by Gasteiger charge is -2.20. The summed E-state index contributed by atoms with van der Waals surface area (Å²) >= 11 is 0. The lowest BCUT2D eigenvalue weighted by Crippen LogP contribution is -2.20. The molecule has 1 unspecified atom stereocenters. The molecule has 0 spiro atoms. The molecule has 5 nitrogen and oxygen atoms in total. The number of aliphatic carboxylic acids is 1. The highest BCUT2D eigenvalue weighted by Gasteiger charge is 2.16. The summed E-state index contributed by atoms with van der Waals surface area (Å²) in [6.45, 7) is 1.99. The van der Waals surface area contributed by atoms with Gasteiger partial charge in [0.1, 0.15) is 12.1 Å². The van der Waals surface area contributed by atoms with E-state index in [1.54, 1.807) is 6.33 Å². The van der Waals surface area contributed by atoms with Crippen LogP contribution in [0.3, 0.4) is 0 Å². The van der Waals surface area contributed by atoms with Gasteiger partial charge in [-0.25, -0.2) is 9.97 Å². The summed E-state index contributed by atoms with van der Waals surface area (Å²) < 4.78 is 0. The molecular weight excluding hydrogens is 230 g/mol. The van der Waals surface area contributed by atoms with Crippen molar-refractivity contribution in [1.82, 2.24) is 9.97 Å². The molecule has 0 aromatic carbocycles. The second-order valence-corrected chi connectivity index (χ2v) is 4.83. The normalized spacial score (nSPS) is 15.8. The summed E-state index contributed by atoms with van der Waals surface area (Å²) in [7, 11) is 0. The van der Waals surface area contributed by atoms with Crippen LogP contribution in [0.4, 0.5) is 5.82 Å². The predicted molar refractivity (Wildman–Crippen MR) is 68.6 cm³/mol. The van der Waals surface area contributed by atoms with E-state index in [9.17, 15) is 4.79 Å². The molecule has 18 heavy (non-hydrogen) atoms. The van der Waals surface area contributed by atoms with E-state index < -0.39 is 5.97 Å². The van der Waals surface area contributed by atoms with E-state index in [1.807, 2.05) is 6.92 Å². The van der Waals surface area contributed by atoms with Gasteiger partial charge in [-0.3, -0.25) is 4.79 Å². The van der Waals surface area contributed by atoms with Crippen molar-refractivity contribution in [2.75, 3.05) is 5.32 Å². The third-order valence-corrected chi connectivity index (χ3v) is 3.30. The average Bonchev–Trinajstić information content (AvgIpc) is 2.37. The quantitative estimate of drug-likeness (QED) is 0.835. The maximum atomic E-state index is 10.5. The number of nitrogens with zero attached hydrogens (tertiary/aromatic N) is 2. The van der Waals surface area contributed by atoms with E-state index in [1.165, 1.54) is 18.4 Å². The van der Waals surface area contributed by atoms with Crippen molar-refractivity contribution in [2.24, 2.45) is 0 Å². The topological polar surface area (TPSA) is 75.1 Å². The fourth-order valence-electron chi connectivity index (χ4n) is 2.29. The molecule has 0 fully saturated rings. The summed E-state index contributed by atoms with van der Waals surface area (Å²) in [4.78, 5) is 19.1. The Morgan fingerprint density at radius 1 is 1.44 bits per heavy atom. The highest BCUT2D eigenvalue weighted by atomic mass is 16.4. The molecule has 1 aliphatic carbocycles. The van der Waals surface area contributed by atoms with Gasteiger partial charge in [0.15, 0.2) is 0 Å². The number of aromatic nitrogens is 2. The van der Waals surface area contributed by atoms with Crippen molar-refractivity contribution in [2.45, 2.75) is 51.5 Å². The first kappa shape index (κ1) is 12.8. The van der Waals surface area contributed by atoms with Gasteiger partial charge in [-0.05, 0) is 39.0 Å². The molecule has 0 bridgehead atoms. The van der Waals surface area contributed by atoms with Crippen molar-refractivity contribution in [1.29, 1.82) is 0 Å². The van der Waals surface area contributed by atoms with Gasteiger partial charge in [-0.1, -0.05) is 0 Å². The molecule has 5 heteroatoms. The van der Waals surface area contributed by atoms with E-state index in [-0.39, 0.29) is 12.5 Å². The van der Waals surface area contributed by atoms with Gasteiger partial charge in [-0.2, -0.15) is 0 Å². The number of fused-ring (bicyclic) bond motifs is 1. The maximum Gasteiger partial charge on any atom is 0.303 e. The molecular formula is C13H19N3O2. The minimum Gasteiger partial charge on any atom is -0.481 e. The SMILES string of the molecule is CC(CCC(=O)O)Nc1ncnc2c1CCCC2. The molecule has 1 atom stereocenters. The summed E-state index contributed by atoms with van der Waals surface area (Å²) in [6.07, 6.45) is 6.79. The first-order chi connectivity index (χ1) is 8.66. The molecule has 1 heterocycles. The van der Waals surface area contributed by atoms with Crippen molar-refractivity contribution < 1.29 is 9.90 Å². The molecule has 0 saturated carbocycles. The monoisotopic (exact) mass is 249 g/mol. The first-order valence-electron chi connectivity index (χ1n) is 6.48. The molecule has 0 saturated heterocycles. The second kappa shape index (κ2) is 5.80. The molecule has 2 N–H and O–H groups in total. The zero-order valence-electron chi connectivity index (χ0n) is 10.6. The van der Waals surface area contributed by atoms with E-state index in [0.29, 0.717) is 6.42 Å². The van der Waals surface area contributed by atoms with Crippen LogP contribution in [0.15, 0.2) is 6.33 Å². The van der Waals surface area contributed by atoms with Gasteiger partial charge in [0.25, 0.3) is 0 Å².